The van der Waals surface area contributed by atoms with Crippen LogP contribution in [-0.4, -0.2) is 34.8 Å². The molecule has 0 spiro atoms. The normalized spacial score (nSPS) is 13.7. The third kappa shape index (κ3) is 6.67. The van der Waals surface area contributed by atoms with Gasteiger partial charge in [-0.15, -0.1) is 5.06 Å². The Morgan fingerprint density at radius 1 is 0.854 bits per heavy atom. The van der Waals surface area contributed by atoms with E-state index in [0.29, 0.717) is 11.1 Å². The molecule has 0 atom stereocenters. The highest BCUT2D eigenvalue weighted by Crippen LogP contribution is 2.43. The average molecular weight is 557 g/mol. The summed E-state index contributed by atoms with van der Waals surface area (Å²) in [5.74, 6) is -3.86. The molecule has 1 aliphatic rings. The van der Waals surface area contributed by atoms with Crippen molar-refractivity contribution in [2.24, 2.45) is 5.41 Å². The first kappa shape index (κ1) is 28.8. The second-order valence-electron chi connectivity index (χ2n) is 10.2. The van der Waals surface area contributed by atoms with E-state index in [2.05, 4.69) is 5.32 Å². The second kappa shape index (κ2) is 11.9. The maximum Gasteiger partial charge on any atom is 0.343 e. The third-order valence-electron chi connectivity index (χ3n) is 5.99. The third-order valence-corrected chi connectivity index (χ3v) is 5.99. The van der Waals surface area contributed by atoms with Gasteiger partial charge in [-0.05, 0) is 51.1 Å². The molecule has 0 unspecified atom stereocenters. The van der Waals surface area contributed by atoms with E-state index >= 15 is 0 Å². The summed E-state index contributed by atoms with van der Waals surface area (Å²) in [6, 6.07) is 21.3. The first-order valence-electron chi connectivity index (χ1n) is 12.8. The van der Waals surface area contributed by atoms with Crippen LogP contribution < -0.4 is 10.4 Å². The highest BCUT2D eigenvalue weighted by atomic mass is 16.7. The number of hydrogen-bond acceptors (Lipinski definition) is 7. The molecule has 210 valence electrons. The number of carboxylic acid groups (broad SMARTS) is 1. The zero-order valence-electron chi connectivity index (χ0n) is 22.7. The van der Waals surface area contributed by atoms with Gasteiger partial charge in [0, 0.05) is 23.2 Å². The van der Waals surface area contributed by atoms with E-state index in [-0.39, 0.29) is 41.1 Å². The van der Waals surface area contributed by atoms with E-state index in [4.69, 9.17) is 14.7 Å². The van der Waals surface area contributed by atoms with Gasteiger partial charge in [-0.2, -0.15) is 0 Å². The predicted molar refractivity (Wildman–Crippen MR) is 150 cm³/mol. The lowest BCUT2D eigenvalue weighted by molar-refractivity contribution is -0.157. The number of amides is 2. The van der Waals surface area contributed by atoms with Crippen molar-refractivity contribution in [3.63, 3.8) is 0 Å². The summed E-state index contributed by atoms with van der Waals surface area (Å²) in [4.78, 5) is 68.6. The Bertz CT molecular complexity index is 1540. The van der Waals surface area contributed by atoms with Crippen LogP contribution in [0.3, 0.4) is 0 Å². The highest BCUT2D eigenvalue weighted by Gasteiger charge is 2.41. The van der Waals surface area contributed by atoms with Crippen LogP contribution in [0.2, 0.25) is 0 Å². The Kier molecular flexibility index (Phi) is 8.32. The topological polar surface area (TPSA) is 139 Å². The molecule has 0 aromatic heterocycles. The van der Waals surface area contributed by atoms with Gasteiger partial charge in [-0.25, -0.2) is 9.59 Å². The summed E-state index contributed by atoms with van der Waals surface area (Å²) >= 11 is 0. The largest absolute Gasteiger partial charge is 0.481 e. The van der Waals surface area contributed by atoms with Gasteiger partial charge in [0.05, 0.1) is 28.7 Å². The number of aliphatic carboxylic acids is 1. The first-order chi connectivity index (χ1) is 19.5. The number of rotatable bonds is 8. The zero-order valence-corrected chi connectivity index (χ0v) is 22.7. The molecule has 0 radical (unpaired) electrons. The van der Waals surface area contributed by atoms with Gasteiger partial charge >= 0.3 is 17.9 Å². The van der Waals surface area contributed by atoms with Crippen molar-refractivity contribution in [1.29, 1.82) is 0 Å². The minimum atomic E-state index is -1.12. The van der Waals surface area contributed by atoms with E-state index in [1.54, 1.807) is 81.4 Å². The van der Waals surface area contributed by atoms with Gasteiger partial charge in [0.1, 0.15) is 0 Å². The minimum Gasteiger partial charge on any atom is -0.481 e. The van der Waals surface area contributed by atoms with Crippen LogP contribution in [0.25, 0.3) is 11.3 Å². The zero-order chi connectivity index (χ0) is 29.7. The molecule has 0 fully saturated rings. The predicted octanol–water partition coefficient (Wildman–Crippen LogP) is 5.07. The molecule has 0 saturated heterocycles. The molecule has 0 aliphatic carbocycles. The molecule has 3 aromatic carbocycles. The number of benzene rings is 3. The number of hydroxylamine groups is 1. The molecule has 10 heteroatoms. The molecule has 2 amide bonds. The fraction of sp³-hybridized carbons (Fsp3) is 0.194. The molecule has 0 saturated carbocycles. The van der Waals surface area contributed by atoms with Crippen LogP contribution in [0.1, 0.15) is 55.1 Å². The summed E-state index contributed by atoms with van der Waals surface area (Å²) < 4.78 is 5.83. The summed E-state index contributed by atoms with van der Waals surface area (Å²) in [6.07, 6.45) is -0.614. The number of esters is 1. The van der Waals surface area contributed by atoms with Crippen molar-refractivity contribution >= 4 is 52.4 Å². The molecule has 1 aliphatic heterocycles. The van der Waals surface area contributed by atoms with Crippen molar-refractivity contribution in [3.05, 3.63) is 95.6 Å². The fourth-order valence-corrected chi connectivity index (χ4v) is 3.86. The molecule has 10 nitrogen and oxygen atoms in total. The van der Waals surface area contributed by atoms with E-state index in [1.807, 2.05) is 0 Å². The number of ether oxygens (including phenoxy) is 1. The molecular formula is C31H28N2O8. The molecule has 2 N–H and O–H groups in total. The van der Waals surface area contributed by atoms with Crippen LogP contribution in [-0.2, 0) is 28.8 Å². The number of carboxylic acids is 1. The number of carbonyl (C=O) groups is 5. The van der Waals surface area contributed by atoms with Gasteiger partial charge in [0.15, 0.2) is 5.76 Å². The van der Waals surface area contributed by atoms with Gasteiger partial charge in [0.2, 0.25) is 5.91 Å². The summed E-state index contributed by atoms with van der Waals surface area (Å²) in [7, 11) is 0. The Labute approximate surface area is 236 Å². The van der Waals surface area contributed by atoms with Crippen molar-refractivity contribution in [3.8, 4) is 0 Å². The Balaban J connectivity index is 1.84. The average Bonchev–Trinajstić information content (AvgIpc) is 3.21. The minimum absolute atomic E-state index is 0.0269. The van der Waals surface area contributed by atoms with Crippen molar-refractivity contribution in [1.82, 2.24) is 0 Å². The SMILES string of the molecule is CC(C)(C)C(=O)ON1C(=O)/C(=C(\OC(=O)c2ccccc2)c2ccccc2)c2ccc(NC(=O)CCC(=O)O)cc21. The quantitative estimate of drug-likeness (QED) is 0.223. The van der Waals surface area contributed by atoms with E-state index in [9.17, 15) is 24.0 Å². The first-order valence-corrected chi connectivity index (χ1v) is 12.8. The number of nitrogens with zero attached hydrogens (tertiary/aromatic N) is 1. The molecule has 4 rings (SSSR count). The fourth-order valence-electron chi connectivity index (χ4n) is 3.86. The van der Waals surface area contributed by atoms with Gasteiger partial charge in [-0.3, -0.25) is 14.4 Å². The van der Waals surface area contributed by atoms with Crippen LogP contribution in [0.15, 0.2) is 78.9 Å². The molecule has 3 aromatic rings. The monoisotopic (exact) mass is 556 g/mol. The number of anilines is 2. The molecule has 41 heavy (non-hydrogen) atoms. The maximum absolute atomic E-state index is 13.9. The lowest BCUT2D eigenvalue weighted by atomic mass is 9.98. The van der Waals surface area contributed by atoms with Gasteiger partial charge in [-0.1, -0.05) is 48.5 Å². The summed E-state index contributed by atoms with van der Waals surface area (Å²) in [5, 5.41) is 12.3. The number of carbonyl (C=O) groups excluding carboxylic acids is 4. The van der Waals surface area contributed by atoms with Crippen LogP contribution >= 0.6 is 0 Å². The second-order valence-corrected chi connectivity index (χ2v) is 10.2. The lowest BCUT2D eigenvalue weighted by Crippen LogP contribution is -2.35. The van der Waals surface area contributed by atoms with Crippen molar-refractivity contribution in [2.75, 3.05) is 10.4 Å². The molecule has 1 heterocycles. The van der Waals surface area contributed by atoms with Gasteiger partial charge < -0.3 is 20.0 Å². The maximum atomic E-state index is 13.9. The standard InChI is InChI=1S/C31H28N2O8/c1-31(2,3)30(39)41-33-23-18-21(32-24(34)16-17-25(35)36)14-15-22(23)26(28(33)37)27(19-10-6-4-7-11-19)40-29(38)20-12-8-5-9-13-20/h4-15,18H,16-17H2,1-3H3,(H,32,34)(H,35,36)/b27-26-. The molecule has 0 bridgehead atoms. The van der Waals surface area contributed by atoms with Crippen LogP contribution in [0, 0.1) is 5.41 Å². The number of fused-ring (bicyclic) bond motifs is 1. The van der Waals surface area contributed by atoms with E-state index in [0.717, 1.165) is 5.06 Å². The summed E-state index contributed by atoms with van der Waals surface area (Å²) in [6.45, 7) is 4.89. The lowest BCUT2D eigenvalue weighted by Gasteiger charge is -2.22. The van der Waals surface area contributed by atoms with E-state index < -0.39 is 35.1 Å². The van der Waals surface area contributed by atoms with Crippen LogP contribution in [0.4, 0.5) is 11.4 Å². The van der Waals surface area contributed by atoms with Gasteiger partial charge in [0.25, 0.3) is 5.91 Å². The van der Waals surface area contributed by atoms with E-state index in [1.165, 1.54) is 18.2 Å². The van der Waals surface area contributed by atoms with Crippen molar-refractivity contribution < 1.29 is 38.7 Å². The Morgan fingerprint density at radius 2 is 1.46 bits per heavy atom. The van der Waals surface area contributed by atoms with Crippen molar-refractivity contribution in [2.45, 2.75) is 33.6 Å². The summed E-state index contributed by atoms with van der Waals surface area (Å²) in [5.41, 5.74) is 0.373. The Morgan fingerprint density at radius 3 is 2.05 bits per heavy atom. The van der Waals surface area contributed by atoms with Crippen LogP contribution in [0.5, 0.6) is 0 Å². The number of nitrogens with one attached hydrogen (secondary N) is 1. The highest BCUT2D eigenvalue weighted by molar-refractivity contribution is 6.37. The number of hydrogen-bond donors (Lipinski definition) is 2. The smallest absolute Gasteiger partial charge is 0.343 e. The Hall–Kier alpha value is -5.25. The molecular weight excluding hydrogens is 528 g/mol.